The van der Waals surface area contributed by atoms with Crippen LogP contribution in [0.2, 0.25) is 0 Å². The van der Waals surface area contributed by atoms with E-state index < -0.39 is 0 Å². The van der Waals surface area contributed by atoms with Gasteiger partial charge in [0.2, 0.25) is 5.43 Å². The molecule has 4 rings (SSSR count). The lowest BCUT2D eigenvalue weighted by atomic mass is 10.2. The van der Waals surface area contributed by atoms with Gasteiger partial charge in [0, 0.05) is 18.8 Å². The van der Waals surface area contributed by atoms with Crippen LogP contribution in [0.25, 0.3) is 11.0 Å². The molecule has 1 atom stereocenters. The molecule has 2 aromatic heterocycles. The highest BCUT2D eigenvalue weighted by Gasteiger charge is 2.33. The van der Waals surface area contributed by atoms with E-state index in [4.69, 9.17) is 4.74 Å². The molecular weight excluding hydrogens is 320 g/mol. The molecule has 0 spiro atoms. The lowest BCUT2D eigenvalue weighted by Gasteiger charge is -2.23. The smallest absolute Gasteiger partial charge is 0.271 e. The first kappa shape index (κ1) is 15.4. The van der Waals surface area contributed by atoms with Crippen molar-refractivity contribution in [2.75, 3.05) is 13.7 Å². The number of H-pyrrole nitrogens is 2. The summed E-state index contributed by atoms with van der Waals surface area (Å²) >= 11 is 0. The first-order chi connectivity index (χ1) is 12.2. The SMILES string of the molecule is COc1c[nH]c(C(=O)N2CCCC2c2nc3ccccc3[nH]2)cc1=O. The first-order valence-electron chi connectivity index (χ1n) is 8.19. The average molecular weight is 338 g/mol. The highest BCUT2D eigenvalue weighted by molar-refractivity contribution is 5.92. The summed E-state index contributed by atoms with van der Waals surface area (Å²) in [6, 6.07) is 8.96. The number of aromatic amines is 2. The number of carbonyl (C=O) groups excluding carboxylic acids is 1. The Hall–Kier alpha value is -3.09. The van der Waals surface area contributed by atoms with E-state index in [2.05, 4.69) is 15.0 Å². The monoisotopic (exact) mass is 338 g/mol. The van der Waals surface area contributed by atoms with Crippen molar-refractivity contribution >= 4 is 16.9 Å². The van der Waals surface area contributed by atoms with E-state index in [-0.39, 0.29) is 28.8 Å². The van der Waals surface area contributed by atoms with Crippen LogP contribution in [-0.2, 0) is 0 Å². The molecule has 3 aromatic rings. The van der Waals surface area contributed by atoms with Crippen LogP contribution in [-0.4, -0.2) is 39.4 Å². The fraction of sp³-hybridized carbons (Fsp3) is 0.278. The number of fused-ring (bicyclic) bond motifs is 1. The van der Waals surface area contributed by atoms with Gasteiger partial charge >= 0.3 is 0 Å². The van der Waals surface area contributed by atoms with Crippen molar-refractivity contribution in [2.24, 2.45) is 0 Å². The summed E-state index contributed by atoms with van der Waals surface area (Å²) in [4.78, 5) is 37.3. The number of amides is 1. The van der Waals surface area contributed by atoms with Crippen molar-refractivity contribution in [3.05, 3.63) is 58.3 Å². The Morgan fingerprint density at radius 3 is 2.96 bits per heavy atom. The van der Waals surface area contributed by atoms with Crippen LogP contribution < -0.4 is 10.2 Å². The van der Waals surface area contributed by atoms with Crippen LogP contribution in [0.1, 0.15) is 35.2 Å². The number of ether oxygens (including phenoxy) is 1. The number of carbonyl (C=O) groups is 1. The predicted molar refractivity (Wildman–Crippen MR) is 92.7 cm³/mol. The number of hydrogen-bond donors (Lipinski definition) is 2. The molecular formula is C18H18N4O3. The molecule has 0 bridgehead atoms. The fourth-order valence-corrected chi connectivity index (χ4v) is 3.32. The summed E-state index contributed by atoms with van der Waals surface area (Å²) in [5.41, 5.74) is 1.78. The topological polar surface area (TPSA) is 91.1 Å². The van der Waals surface area contributed by atoms with Crippen LogP contribution in [0.5, 0.6) is 5.75 Å². The largest absolute Gasteiger partial charge is 0.491 e. The molecule has 0 aliphatic carbocycles. The number of benzene rings is 1. The maximum atomic E-state index is 12.9. The second-order valence-electron chi connectivity index (χ2n) is 6.08. The number of methoxy groups -OCH3 is 1. The number of nitrogens with zero attached hydrogens (tertiary/aromatic N) is 2. The van der Waals surface area contributed by atoms with Crippen molar-refractivity contribution in [1.82, 2.24) is 19.9 Å². The van der Waals surface area contributed by atoms with Gasteiger partial charge in [-0.3, -0.25) is 9.59 Å². The van der Waals surface area contributed by atoms with Crippen LogP contribution in [0.15, 0.2) is 41.3 Å². The van der Waals surface area contributed by atoms with E-state index in [1.54, 1.807) is 4.90 Å². The molecule has 1 fully saturated rings. The van der Waals surface area contributed by atoms with Gasteiger partial charge in [0.15, 0.2) is 5.75 Å². The zero-order valence-corrected chi connectivity index (χ0v) is 13.8. The first-order valence-corrected chi connectivity index (χ1v) is 8.19. The Kier molecular flexibility index (Phi) is 3.76. The molecule has 1 aromatic carbocycles. The predicted octanol–water partition coefficient (Wildman–Crippen LogP) is 2.24. The number of rotatable bonds is 3. The molecule has 128 valence electrons. The third-order valence-electron chi connectivity index (χ3n) is 4.56. The molecule has 1 aliphatic rings. The number of nitrogens with one attached hydrogen (secondary N) is 2. The van der Waals surface area contributed by atoms with Gasteiger partial charge < -0.3 is 19.6 Å². The molecule has 0 radical (unpaired) electrons. The van der Waals surface area contributed by atoms with Crippen molar-refractivity contribution in [1.29, 1.82) is 0 Å². The number of hydrogen-bond acceptors (Lipinski definition) is 4. The van der Waals surface area contributed by atoms with Gasteiger partial charge in [0.1, 0.15) is 11.5 Å². The summed E-state index contributed by atoms with van der Waals surface area (Å²) in [6.07, 6.45) is 3.15. The summed E-state index contributed by atoms with van der Waals surface area (Å²) in [5, 5.41) is 0. The molecule has 7 nitrogen and oxygen atoms in total. The van der Waals surface area contributed by atoms with E-state index in [9.17, 15) is 9.59 Å². The molecule has 3 heterocycles. The van der Waals surface area contributed by atoms with E-state index in [0.717, 1.165) is 29.7 Å². The highest BCUT2D eigenvalue weighted by Crippen LogP contribution is 2.32. The van der Waals surface area contributed by atoms with Crippen LogP contribution in [0.4, 0.5) is 0 Å². The molecule has 25 heavy (non-hydrogen) atoms. The van der Waals surface area contributed by atoms with Crippen molar-refractivity contribution in [2.45, 2.75) is 18.9 Å². The Morgan fingerprint density at radius 1 is 1.36 bits per heavy atom. The van der Waals surface area contributed by atoms with Gasteiger partial charge in [-0.2, -0.15) is 0 Å². The molecule has 1 saturated heterocycles. The van der Waals surface area contributed by atoms with E-state index >= 15 is 0 Å². The quantitative estimate of drug-likeness (QED) is 0.766. The third kappa shape index (κ3) is 2.67. The maximum absolute atomic E-state index is 12.9. The second kappa shape index (κ2) is 6.08. The normalized spacial score (nSPS) is 17.2. The van der Waals surface area contributed by atoms with Crippen LogP contribution in [0, 0.1) is 0 Å². The van der Waals surface area contributed by atoms with E-state index in [1.165, 1.54) is 19.4 Å². The van der Waals surface area contributed by atoms with Gasteiger partial charge in [0.25, 0.3) is 5.91 Å². The minimum Gasteiger partial charge on any atom is -0.491 e. The molecule has 2 N–H and O–H groups in total. The maximum Gasteiger partial charge on any atom is 0.271 e. The van der Waals surface area contributed by atoms with Crippen molar-refractivity contribution < 1.29 is 9.53 Å². The van der Waals surface area contributed by atoms with E-state index in [0.29, 0.717) is 6.54 Å². The molecule has 7 heteroatoms. The molecule has 1 amide bonds. The Morgan fingerprint density at radius 2 is 2.20 bits per heavy atom. The van der Waals surface area contributed by atoms with Crippen LogP contribution >= 0.6 is 0 Å². The number of imidazole rings is 1. The minimum atomic E-state index is -0.316. The summed E-state index contributed by atoms with van der Waals surface area (Å²) in [7, 11) is 1.42. The fourth-order valence-electron chi connectivity index (χ4n) is 3.32. The standard InChI is InChI=1S/C18H18N4O3/c1-25-16-10-19-13(9-15(16)23)18(24)22-8-4-7-14(22)17-20-11-5-2-3-6-12(11)21-17/h2-3,5-6,9-10,14H,4,7-8H2,1H3,(H,19,23)(H,20,21). The summed E-state index contributed by atoms with van der Waals surface area (Å²) < 4.78 is 4.95. The third-order valence-corrected chi connectivity index (χ3v) is 4.56. The molecule has 1 aliphatic heterocycles. The number of aromatic nitrogens is 3. The molecule has 0 saturated carbocycles. The summed E-state index contributed by atoms with van der Waals surface area (Å²) in [6.45, 7) is 0.634. The van der Waals surface area contributed by atoms with Crippen molar-refractivity contribution in [3.63, 3.8) is 0 Å². The number of para-hydroxylation sites is 2. The second-order valence-corrected chi connectivity index (χ2v) is 6.08. The van der Waals surface area contributed by atoms with Crippen LogP contribution in [0.3, 0.4) is 0 Å². The van der Waals surface area contributed by atoms with Gasteiger partial charge in [0.05, 0.1) is 24.2 Å². The van der Waals surface area contributed by atoms with E-state index in [1.807, 2.05) is 24.3 Å². The number of pyridine rings is 1. The Balaban J connectivity index is 1.65. The number of likely N-dealkylation sites (tertiary alicyclic amines) is 1. The zero-order chi connectivity index (χ0) is 17.4. The van der Waals surface area contributed by atoms with Gasteiger partial charge in [-0.1, -0.05) is 12.1 Å². The lowest BCUT2D eigenvalue weighted by molar-refractivity contribution is 0.0724. The van der Waals surface area contributed by atoms with Gasteiger partial charge in [-0.25, -0.2) is 4.98 Å². The summed E-state index contributed by atoms with van der Waals surface area (Å²) in [5.74, 6) is 0.762. The highest BCUT2D eigenvalue weighted by atomic mass is 16.5. The van der Waals surface area contributed by atoms with Gasteiger partial charge in [-0.15, -0.1) is 0 Å². The van der Waals surface area contributed by atoms with Gasteiger partial charge in [-0.05, 0) is 25.0 Å². The Labute approximate surface area is 143 Å². The Bertz CT molecular complexity index is 958. The minimum absolute atomic E-state index is 0.120. The lowest BCUT2D eigenvalue weighted by Crippen LogP contribution is -2.32. The zero-order valence-electron chi connectivity index (χ0n) is 13.8. The average Bonchev–Trinajstić information content (AvgIpc) is 3.27. The van der Waals surface area contributed by atoms with Crippen molar-refractivity contribution in [3.8, 4) is 5.75 Å². The molecule has 1 unspecified atom stereocenters.